The lowest BCUT2D eigenvalue weighted by Crippen LogP contribution is -2.02. The number of hydrogen-bond donors (Lipinski definition) is 0. The van der Waals surface area contributed by atoms with E-state index in [9.17, 15) is 13.6 Å². The molecule has 0 fully saturated rings. The van der Waals surface area contributed by atoms with E-state index in [1.54, 1.807) is 0 Å². The summed E-state index contributed by atoms with van der Waals surface area (Å²) in [6, 6.07) is 1.21. The molecule has 0 unspecified atom stereocenters. The van der Waals surface area contributed by atoms with Gasteiger partial charge >= 0.3 is 0 Å². The number of carbonyl (C=O) groups excluding carboxylic acids is 1. The third-order valence-electron chi connectivity index (χ3n) is 1.56. The van der Waals surface area contributed by atoms with Gasteiger partial charge in [-0.15, -0.1) is 11.6 Å². The number of carbonyl (C=O) groups is 1. The second kappa shape index (κ2) is 4.97. The smallest absolute Gasteiger partial charge is 0.280 e. The molecule has 0 aliphatic rings. The van der Waals surface area contributed by atoms with E-state index in [0.717, 1.165) is 0 Å². The van der Waals surface area contributed by atoms with E-state index in [2.05, 4.69) is 4.98 Å². The maximum atomic E-state index is 12.3. The highest BCUT2D eigenvalue weighted by molar-refractivity contribution is 14.1. The van der Waals surface area contributed by atoms with Crippen molar-refractivity contribution in [2.75, 3.05) is 0 Å². The zero-order valence-corrected chi connectivity index (χ0v) is 9.72. The first-order valence-corrected chi connectivity index (χ1v) is 5.20. The average Bonchev–Trinajstić information content (AvgIpc) is 2.17. The Morgan fingerprint density at radius 1 is 1.64 bits per heavy atom. The van der Waals surface area contributed by atoms with Gasteiger partial charge in [0.1, 0.15) is 11.4 Å². The Hall–Kier alpha value is -0.300. The molecular formula is C8H5ClF2INO. The summed E-state index contributed by atoms with van der Waals surface area (Å²) in [7, 11) is 0. The van der Waals surface area contributed by atoms with Crippen LogP contribution in [0.4, 0.5) is 8.78 Å². The fourth-order valence-electron chi connectivity index (χ4n) is 0.914. The average molecular weight is 331 g/mol. The van der Waals surface area contributed by atoms with Crippen LogP contribution in [0.1, 0.15) is 28.2 Å². The first-order valence-electron chi connectivity index (χ1n) is 3.58. The van der Waals surface area contributed by atoms with E-state index in [4.69, 9.17) is 11.6 Å². The van der Waals surface area contributed by atoms with Crippen molar-refractivity contribution in [3.05, 3.63) is 26.6 Å². The highest BCUT2D eigenvalue weighted by Gasteiger charge is 2.15. The van der Waals surface area contributed by atoms with Gasteiger partial charge in [-0.3, -0.25) is 4.79 Å². The maximum absolute atomic E-state index is 12.3. The summed E-state index contributed by atoms with van der Waals surface area (Å²) in [4.78, 5) is 14.0. The molecule has 1 aromatic rings. The number of halogens is 4. The molecule has 0 saturated carbocycles. The fourth-order valence-corrected chi connectivity index (χ4v) is 1.94. The molecule has 0 radical (unpaired) electrons. The van der Waals surface area contributed by atoms with Gasteiger partial charge in [0.15, 0.2) is 6.29 Å². The van der Waals surface area contributed by atoms with Gasteiger partial charge in [0.05, 0.1) is 0 Å². The molecular weight excluding hydrogens is 326 g/mol. The molecule has 0 saturated heterocycles. The topological polar surface area (TPSA) is 30.0 Å². The first-order chi connectivity index (χ1) is 6.60. The predicted molar refractivity (Wildman–Crippen MR) is 56.9 cm³/mol. The summed E-state index contributed by atoms with van der Waals surface area (Å²) in [6.07, 6.45) is -2.24. The minimum Gasteiger partial charge on any atom is -0.296 e. The predicted octanol–water partition coefficient (Wildman–Crippen LogP) is 3.18. The molecule has 0 aromatic carbocycles. The van der Waals surface area contributed by atoms with Crippen LogP contribution in [0.5, 0.6) is 0 Å². The van der Waals surface area contributed by atoms with Crippen LogP contribution in [-0.2, 0) is 5.88 Å². The van der Waals surface area contributed by atoms with E-state index in [-0.39, 0.29) is 11.6 Å². The molecule has 0 aliphatic heterocycles. The van der Waals surface area contributed by atoms with E-state index >= 15 is 0 Å². The third-order valence-corrected chi connectivity index (χ3v) is 3.09. The largest absolute Gasteiger partial charge is 0.296 e. The van der Waals surface area contributed by atoms with Gasteiger partial charge in [0.2, 0.25) is 0 Å². The lowest BCUT2D eigenvalue weighted by molar-refractivity contribution is 0.111. The SMILES string of the molecule is O=Cc1nc(C(F)F)cc(CCl)c1I. The first kappa shape index (κ1) is 11.8. The van der Waals surface area contributed by atoms with Crippen molar-refractivity contribution >= 4 is 40.5 Å². The van der Waals surface area contributed by atoms with Crippen molar-refractivity contribution in [3.63, 3.8) is 0 Å². The van der Waals surface area contributed by atoms with Crippen molar-refractivity contribution in [3.8, 4) is 0 Å². The van der Waals surface area contributed by atoms with Crippen LogP contribution in [0.15, 0.2) is 6.07 Å². The van der Waals surface area contributed by atoms with Crippen LogP contribution in [0, 0.1) is 3.57 Å². The van der Waals surface area contributed by atoms with Gasteiger partial charge in [-0.2, -0.15) is 0 Å². The second-order valence-electron chi connectivity index (χ2n) is 2.46. The molecule has 76 valence electrons. The number of nitrogens with zero attached hydrogens (tertiary/aromatic N) is 1. The standard InChI is InChI=1S/C8H5ClF2INO/c9-2-4-1-5(8(10)11)13-6(3-14)7(4)12/h1,3,8H,2H2. The molecule has 1 rings (SSSR count). The Morgan fingerprint density at radius 2 is 2.29 bits per heavy atom. The third kappa shape index (κ3) is 2.38. The van der Waals surface area contributed by atoms with Crippen molar-refractivity contribution in [1.82, 2.24) is 4.98 Å². The molecule has 2 nitrogen and oxygen atoms in total. The van der Waals surface area contributed by atoms with Crippen molar-refractivity contribution in [1.29, 1.82) is 0 Å². The molecule has 0 spiro atoms. The summed E-state index contributed by atoms with van der Waals surface area (Å²) in [5.41, 5.74) is 0.0990. The van der Waals surface area contributed by atoms with Gasteiger partial charge in [-0.1, -0.05) is 0 Å². The number of rotatable bonds is 3. The Labute approximate surface area is 97.8 Å². The Bertz CT molecular complexity index is 359. The second-order valence-corrected chi connectivity index (χ2v) is 3.80. The monoisotopic (exact) mass is 331 g/mol. The van der Waals surface area contributed by atoms with Crippen molar-refractivity contribution < 1.29 is 13.6 Å². The molecule has 0 N–H and O–H groups in total. The highest BCUT2D eigenvalue weighted by Crippen LogP contribution is 2.23. The zero-order chi connectivity index (χ0) is 10.7. The number of pyridine rings is 1. The van der Waals surface area contributed by atoms with Gasteiger partial charge in [0, 0.05) is 9.45 Å². The maximum Gasteiger partial charge on any atom is 0.280 e. The summed E-state index contributed by atoms with van der Waals surface area (Å²) in [6.45, 7) is 0. The molecule has 14 heavy (non-hydrogen) atoms. The number of aldehydes is 1. The Kier molecular flexibility index (Phi) is 4.18. The molecule has 0 amide bonds. The van der Waals surface area contributed by atoms with Gasteiger partial charge in [0.25, 0.3) is 6.43 Å². The summed E-state index contributed by atoms with van der Waals surface area (Å²) in [5.74, 6) is 0.0847. The quantitative estimate of drug-likeness (QED) is 0.484. The van der Waals surface area contributed by atoms with Gasteiger partial charge in [-0.25, -0.2) is 13.8 Å². The minimum atomic E-state index is -2.69. The number of hydrogen-bond acceptors (Lipinski definition) is 2. The lowest BCUT2D eigenvalue weighted by Gasteiger charge is -2.06. The van der Waals surface area contributed by atoms with Crippen LogP contribution < -0.4 is 0 Å². The van der Waals surface area contributed by atoms with Gasteiger partial charge in [-0.05, 0) is 34.2 Å². The van der Waals surface area contributed by atoms with Crippen molar-refractivity contribution in [2.24, 2.45) is 0 Å². The van der Waals surface area contributed by atoms with Crippen LogP contribution >= 0.6 is 34.2 Å². The summed E-state index contributed by atoms with van der Waals surface area (Å²) >= 11 is 7.40. The molecule has 6 heteroatoms. The van der Waals surface area contributed by atoms with E-state index in [1.165, 1.54) is 6.07 Å². The minimum absolute atomic E-state index is 0.0130. The molecule has 0 atom stereocenters. The van der Waals surface area contributed by atoms with Crippen LogP contribution in [0.2, 0.25) is 0 Å². The molecule has 0 bridgehead atoms. The lowest BCUT2D eigenvalue weighted by atomic mass is 10.2. The summed E-state index contributed by atoms with van der Waals surface area (Å²) < 4.78 is 25.1. The Balaban J connectivity index is 3.31. The van der Waals surface area contributed by atoms with E-state index in [1.807, 2.05) is 22.6 Å². The van der Waals surface area contributed by atoms with E-state index < -0.39 is 12.1 Å². The van der Waals surface area contributed by atoms with Gasteiger partial charge < -0.3 is 0 Å². The van der Waals surface area contributed by atoms with Crippen LogP contribution in [0.25, 0.3) is 0 Å². The summed E-state index contributed by atoms with van der Waals surface area (Å²) in [5, 5.41) is 0. The molecule has 1 heterocycles. The fraction of sp³-hybridized carbons (Fsp3) is 0.250. The Morgan fingerprint density at radius 3 is 2.71 bits per heavy atom. The molecule has 0 aliphatic carbocycles. The molecule has 1 aromatic heterocycles. The van der Waals surface area contributed by atoms with E-state index in [0.29, 0.717) is 15.4 Å². The number of alkyl halides is 3. The highest BCUT2D eigenvalue weighted by atomic mass is 127. The van der Waals surface area contributed by atoms with Crippen LogP contribution in [0.3, 0.4) is 0 Å². The zero-order valence-electron chi connectivity index (χ0n) is 6.81. The number of aromatic nitrogens is 1. The normalized spacial score (nSPS) is 10.6. The van der Waals surface area contributed by atoms with Crippen LogP contribution in [-0.4, -0.2) is 11.3 Å². The van der Waals surface area contributed by atoms with Crippen molar-refractivity contribution in [2.45, 2.75) is 12.3 Å².